The van der Waals surface area contributed by atoms with Crippen LogP contribution in [0.25, 0.3) is 0 Å². The lowest BCUT2D eigenvalue weighted by atomic mass is 9.69. The van der Waals surface area contributed by atoms with Crippen LogP contribution in [-0.4, -0.2) is 52.1 Å². The zero-order valence-corrected chi connectivity index (χ0v) is 19.0. The van der Waals surface area contributed by atoms with Crippen molar-refractivity contribution >= 4 is 11.9 Å². The van der Waals surface area contributed by atoms with Crippen molar-refractivity contribution in [1.82, 2.24) is 14.9 Å². The van der Waals surface area contributed by atoms with Crippen LogP contribution in [0.1, 0.15) is 48.2 Å². The van der Waals surface area contributed by atoms with E-state index in [-0.39, 0.29) is 11.7 Å². The quantitative estimate of drug-likeness (QED) is 0.606. The Labute approximate surface area is 193 Å². The van der Waals surface area contributed by atoms with Gasteiger partial charge in [0.05, 0.1) is 12.4 Å². The summed E-state index contributed by atoms with van der Waals surface area (Å²) < 4.78 is 13.4. The van der Waals surface area contributed by atoms with E-state index in [1.165, 1.54) is 12.4 Å². The molecule has 1 unspecified atom stereocenters. The molecule has 0 bridgehead atoms. The van der Waals surface area contributed by atoms with Gasteiger partial charge in [0.15, 0.2) is 5.82 Å². The standard InChI is InChI=1S/C26H29FN4O2/c1-3-30(4-2)24(33)19-9-11-20(12-10-19)26(21-7-5-8-23(32)15-21)13-6-14-31(18-26)25-28-16-22(27)17-29-25/h5,7-12,15-17,32H,3-4,6,13-14,18H2,1-2H3. The van der Waals surface area contributed by atoms with Crippen molar-refractivity contribution in [3.05, 3.63) is 83.4 Å². The summed E-state index contributed by atoms with van der Waals surface area (Å²) in [5, 5.41) is 10.2. The maximum Gasteiger partial charge on any atom is 0.253 e. The van der Waals surface area contributed by atoms with E-state index in [1.807, 2.05) is 50.2 Å². The third kappa shape index (κ3) is 4.53. The van der Waals surface area contributed by atoms with Crippen molar-refractivity contribution < 1.29 is 14.3 Å². The second kappa shape index (κ2) is 9.57. The van der Waals surface area contributed by atoms with Crippen LogP contribution in [0, 0.1) is 5.82 Å². The summed E-state index contributed by atoms with van der Waals surface area (Å²) in [6.07, 6.45) is 4.09. The maximum atomic E-state index is 13.4. The van der Waals surface area contributed by atoms with Crippen LogP contribution in [-0.2, 0) is 5.41 Å². The number of anilines is 1. The van der Waals surface area contributed by atoms with Crippen LogP contribution in [0.5, 0.6) is 5.75 Å². The third-order valence-corrected chi connectivity index (χ3v) is 6.52. The molecule has 0 aliphatic carbocycles. The fraction of sp³-hybridized carbons (Fsp3) is 0.346. The molecule has 1 N–H and O–H groups in total. The largest absolute Gasteiger partial charge is 0.508 e. The first kappa shape index (κ1) is 22.7. The number of aromatic nitrogens is 2. The normalized spacial score (nSPS) is 18.2. The van der Waals surface area contributed by atoms with Crippen molar-refractivity contribution in [3.8, 4) is 5.75 Å². The van der Waals surface area contributed by atoms with Crippen LogP contribution in [0.4, 0.5) is 10.3 Å². The molecule has 2 aromatic carbocycles. The highest BCUT2D eigenvalue weighted by atomic mass is 19.1. The van der Waals surface area contributed by atoms with Gasteiger partial charge in [0.2, 0.25) is 5.95 Å². The third-order valence-electron chi connectivity index (χ3n) is 6.52. The van der Waals surface area contributed by atoms with Gasteiger partial charge in [-0.05, 0) is 62.1 Å². The average molecular weight is 449 g/mol. The van der Waals surface area contributed by atoms with E-state index >= 15 is 0 Å². The molecule has 0 radical (unpaired) electrons. The minimum absolute atomic E-state index is 0.0166. The molecule has 3 aromatic rings. The number of piperidine rings is 1. The van der Waals surface area contributed by atoms with Gasteiger partial charge >= 0.3 is 0 Å². The lowest BCUT2D eigenvalue weighted by molar-refractivity contribution is 0.0773. The molecular formula is C26H29FN4O2. The molecule has 7 heteroatoms. The molecule has 1 aliphatic heterocycles. The Morgan fingerprint density at radius 1 is 1.09 bits per heavy atom. The maximum absolute atomic E-state index is 13.4. The van der Waals surface area contributed by atoms with Crippen molar-refractivity contribution in [2.75, 3.05) is 31.1 Å². The summed E-state index contributed by atoms with van der Waals surface area (Å²) >= 11 is 0. The Bertz CT molecular complexity index is 1100. The number of carbonyl (C=O) groups excluding carboxylic acids is 1. The summed E-state index contributed by atoms with van der Waals surface area (Å²) in [5.74, 6) is 0.232. The van der Waals surface area contributed by atoms with E-state index in [2.05, 4.69) is 14.9 Å². The minimum atomic E-state index is -0.469. The van der Waals surface area contributed by atoms with Crippen LogP contribution in [0.2, 0.25) is 0 Å². The first-order valence-electron chi connectivity index (χ1n) is 11.4. The van der Waals surface area contributed by atoms with E-state index in [9.17, 15) is 14.3 Å². The number of hydrogen-bond acceptors (Lipinski definition) is 5. The summed E-state index contributed by atoms with van der Waals surface area (Å²) in [6.45, 7) is 6.60. The molecule has 4 rings (SSSR count). The van der Waals surface area contributed by atoms with E-state index in [1.54, 1.807) is 17.0 Å². The fourth-order valence-corrected chi connectivity index (χ4v) is 4.76. The molecule has 0 spiro atoms. The number of rotatable bonds is 6. The number of hydrogen-bond donors (Lipinski definition) is 1. The number of nitrogens with zero attached hydrogens (tertiary/aromatic N) is 4. The highest BCUT2D eigenvalue weighted by Gasteiger charge is 2.40. The second-order valence-electron chi connectivity index (χ2n) is 8.41. The SMILES string of the molecule is CCN(CC)C(=O)c1ccc(C2(c3cccc(O)c3)CCCN(c3ncc(F)cn3)C2)cc1. The Hall–Kier alpha value is -3.48. The van der Waals surface area contributed by atoms with Crippen LogP contribution in [0.15, 0.2) is 60.9 Å². The molecule has 33 heavy (non-hydrogen) atoms. The van der Waals surface area contributed by atoms with Gasteiger partial charge in [-0.25, -0.2) is 14.4 Å². The lowest BCUT2D eigenvalue weighted by Crippen LogP contribution is -2.47. The second-order valence-corrected chi connectivity index (χ2v) is 8.41. The average Bonchev–Trinajstić information content (AvgIpc) is 2.85. The predicted octanol–water partition coefficient (Wildman–Crippen LogP) is 4.39. The monoisotopic (exact) mass is 448 g/mol. The zero-order chi connectivity index (χ0) is 23.4. The van der Waals surface area contributed by atoms with Gasteiger partial charge in [-0.15, -0.1) is 0 Å². The number of benzene rings is 2. The van der Waals surface area contributed by atoms with Crippen molar-refractivity contribution in [2.24, 2.45) is 0 Å². The molecule has 1 saturated heterocycles. The highest BCUT2D eigenvalue weighted by molar-refractivity contribution is 5.94. The van der Waals surface area contributed by atoms with Crippen LogP contribution in [0.3, 0.4) is 0 Å². The minimum Gasteiger partial charge on any atom is -0.508 e. The Morgan fingerprint density at radius 2 is 1.79 bits per heavy atom. The number of phenols is 1. The Morgan fingerprint density at radius 3 is 2.42 bits per heavy atom. The summed E-state index contributed by atoms with van der Waals surface area (Å²) in [4.78, 5) is 25.0. The van der Waals surface area contributed by atoms with Gasteiger partial charge in [-0.3, -0.25) is 4.79 Å². The van der Waals surface area contributed by atoms with Gasteiger partial charge in [-0.1, -0.05) is 24.3 Å². The Balaban J connectivity index is 1.74. The number of phenolic OH excluding ortho intramolecular Hbond substituents is 1. The lowest BCUT2D eigenvalue weighted by Gasteiger charge is -2.44. The first-order valence-corrected chi connectivity index (χ1v) is 11.4. The van der Waals surface area contributed by atoms with Crippen molar-refractivity contribution in [3.63, 3.8) is 0 Å². The summed E-state index contributed by atoms with van der Waals surface area (Å²) in [6, 6.07) is 15.1. The van der Waals surface area contributed by atoms with E-state index in [4.69, 9.17) is 0 Å². The van der Waals surface area contributed by atoms with Crippen molar-refractivity contribution in [1.29, 1.82) is 0 Å². The highest BCUT2D eigenvalue weighted by Crippen LogP contribution is 2.42. The van der Waals surface area contributed by atoms with Gasteiger partial charge in [0.25, 0.3) is 5.91 Å². The van der Waals surface area contributed by atoms with Crippen LogP contribution >= 0.6 is 0 Å². The summed E-state index contributed by atoms with van der Waals surface area (Å²) in [7, 11) is 0. The van der Waals surface area contributed by atoms with Crippen molar-refractivity contribution in [2.45, 2.75) is 32.1 Å². The van der Waals surface area contributed by atoms with E-state index in [0.717, 1.165) is 30.5 Å². The molecule has 6 nitrogen and oxygen atoms in total. The topological polar surface area (TPSA) is 69.6 Å². The smallest absolute Gasteiger partial charge is 0.253 e. The predicted molar refractivity (Wildman–Crippen MR) is 126 cm³/mol. The summed E-state index contributed by atoms with van der Waals surface area (Å²) in [5.41, 5.74) is 2.25. The molecule has 172 valence electrons. The Kier molecular flexibility index (Phi) is 6.58. The van der Waals surface area contributed by atoms with Gasteiger partial charge in [0.1, 0.15) is 5.75 Å². The number of aromatic hydroxyl groups is 1. The van der Waals surface area contributed by atoms with E-state index in [0.29, 0.717) is 31.1 Å². The molecule has 1 amide bonds. The molecule has 1 aromatic heterocycles. The molecule has 2 heterocycles. The molecule has 1 atom stereocenters. The van der Waals surface area contributed by atoms with Gasteiger partial charge < -0.3 is 14.9 Å². The number of carbonyl (C=O) groups is 1. The fourth-order valence-electron chi connectivity index (χ4n) is 4.76. The van der Waals surface area contributed by atoms with Crippen LogP contribution < -0.4 is 4.90 Å². The van der Waals surface area contributed by atoms with Gasteiger partial charge in [0, 0.05) is 37.2 Å². The molecular weight excluding hydrogens is 419 g/mol. The molecule has 1 fully saturated rings. The zero-order valence-electron chi connectivity index (χ0n) is 19.0. The first-order chi connectivity index (χ1) is 16.0. The molecule has 1 aliphatic rings. The van der Waals surface area contributed by atoms with Gasteiger partial charge in [-0.2, -0.15) is 0 Å². The van der Waals surface area contributed by atoms with E-state index < -0.39 is 11.2 Å². The number of amides is 1. The number of halogens is 1. The molecule has 0 saturated carbocycles.